The number of carbonyl (C=O) groups excluding carboxylic acids is 1. The molecule has 1 aliphatic heterocycles. The molecular formula is C12H23NO3. The first-order chi connectivity index (χ1) is 7.64. The number of hydrogen-bond acceptors (Lipinski definition) is 4. The molecular weight excluding hydrogens is 206 g/mol. The van der Waals surface area contributed by atoms with Crippen molar-refractivity contribution in [2.75, 3.05) is 19.8 Å². The van der Waals surface area contributed by atoms with Gasteiger partial charge in [-0.3, -0.25) is 4.79 Å². The predicted octanol–water partition coefficient (Wildman–Crippen LogP) is 1.47. The topological polar surface area (TPSA) is 61.5 Å². The summed E-state index contributed by atoms with van der Waals surface area (Å²) in [7, 11) is 0. The van der Waals surface area contributed by atoms with Crippen LogP contribution >= 0.6 is 0 Å². The summed E-state index contributed by atoms with van der Waals surface area (Å²) in [6.45, 7) is 5.58. The molecule has 1 atom stereocenters. The molecule has 1 rings (SSSR count). The maximum atomic E-state index is 12.1. The average molecular weight is 229 g/mol. The van der Waals surface area contributed by atoms with Gasteiger partial charge in [0.05, 0.1) is 11.5 Å². The van der Waals surface area contributed by atoms with Gasteiger partial charge in [0.25, 0.3) is 0 Å². The Labute approximate surface area is 97.5 Å². The van der Waals surface area contributed by atoms with Crippen molar-refractivity contribution in [2.45, 2.75) is 45.6 Å². The summed E-state index contributed by atoms with van der Waals surface area (Å²) in [5, 5.41) is 0. The summed E-state index contributed by atoms with van der Waals surface area (Å²) in [5.74, 6) is -0.140. The van der Waals surface area contributed by atoms with Crippen LogP contribution in [0.15, 0.2) is 0 Å². The number of rotatable bonds is 5. The van der Waals surface area contributed by atoms with Gasteiger partial charge < -0.3 is 15.2 Å². The van der Waals surface area contributed by atoms with E-state index in [0.29, 0.717) is 32.6 Å². The zero-order valence-electron chi connectivity index (χ0n) is 10.3. The lowest BCUT2D eigenvalue weighted by Crippen LogP contribution is -2.45. The molecule has 0 aromatic rings. The van der Waals surface area contributed by atoms with E-state index in [1.54, 1.807) is 0 Å². The van der Waals surface area contributed by atoms with E-state index in [1.165, 1.54) is 0 Å². The van der Waals surface area contributed by atoms with Gasteiger partial charge in [-0.05, 0) is 26.2 Å². The molecule has 0 aliphatic carbocycles. The number of carbonyl (C=O) groups is 1. The van der Waals surface area contributed by atoms with Gasteiger partial charge in [0.1, 0.15) is 0 Å². The molecule has 4 nitrogen and oxygen atoms in total. The zero-order valence-corrected chi connectivity index (χ0v) is 10.3. The summed E-state index contributed by atoms with van der Waals surface area (Å²) in [5.41, 5.74) is 5.23. The van der Waals surface area contributed by atoms with Crippen molar-refractivity contribution < 1.29 is 14.3 Å². The SMILES string of the molecule is CCCC(C)OC(=O)C1(CN)CCOCC1. The van der Waals surface area contributed by atoms with Crippen LogP contribution in [0, 0.1) is 5.41 Å². The van der Waals surface area contributed by atoms with E-state index < -0.39 is 5.41 Å². The highest BCUT2D eigenvalue weighted by molar-refractivity contribution is 5.77. The minimum absolute atomic E-state index is 0.0104. The smallest absolute Gasteiger partial charge is 0.313 e. The Morgan fingerprint density at radius 2 is 2.12 bits per heavy atom. The Bertz CT molecular complexity index is 224. The fraction of sp³-hybridized carbons (Fsp3) is 0.917. The molecule has 1 heterocycles. The lowest BCUT2D eigenvalue weighted by molar-refractivity contribution is -0.166. The lowest BCUT2D eigenvalue weighted by atomic mass is 9.80. The Hall–Kier alpha value is -0.610. The zero-order chi connectivity index (χ0) is 12.0. The molecule has 16 heavy (non-hydrogen) atoms. The summed E-state index contributed by atoms with van der Waals surface area (Å²) >= 11 is 0. The Kier molecular flexibility index (Phi) is 5.22. The van der Waals surface area contributed by atoms with Gasteiger partial charge >= 0.3 is 5.97 Å². The Balaban J connectivity index is 2.54. The third-order valence-corrected chi connectivity index (χ3v) is 3.28. The standard InChI is InChI=1S/C12H23NO3/c1-3-4-10(2)16-11(14)12(9-13)5-7-15-8-6-12/h10H,3-9,13H2,1-2H3. The number of hydrogen-bond donors (Lipinski definition) is 1. The number of nitrogens with two attached hydrogens (primary N) is 1. The molecule has 1 aliphatic rings. The van der Waals surface area contributed by atoms with E-state index in [-0.39, 0.29) is 12.1 Å². The molecule has 0 bridgehead atoms. The van der Waals surface area contributed by atoms with Crippen molar-refractivity contribution in [3.05, 3.63) is 0 Å². The second-order valence-electron chi connectivity index (χ2n) is 4.60. The molecule has 2 N–H and O–H groups in total. The van der Waals surface area contributed by atoms with Crippen LogP contribution in [-0.4, -0.2) is 31.8 Å². The normalized spacial score (nSPS) is 21.4. The number of esters is 1. The second kappa shape index (κ2) is 6.21. The van der Waals surface area contributed by atoms with E-state index >= 15 is 0 Å². The summed E-state index contributed by atoms with van der Waals surface area (Å²) < 4.78 is 10.7. The van der Waals surface area contributed by atoms with Gasteiger partial charge in [0, 0.05) is 19.8 Å². The van der Waals surface area contributed by atoms with Gasteiger partial charge in [-0.25, -0.2) is 0 Å². The largest absolute Gasteiger partial charge is 0.462 e. The van der Waals surface area contributed by atoms with Crippen LogP contribution in [-0.2, 0) is 14.3 Å². The van der Waals surface area contributed by atoms with Gasteiger partial charge in [-0.15, -0.1) is 0 Å². The van der Waals surface area contributed by atoms with E-state index in [2.05, 4.69) is 6.92 Å². The molecule has 4 heteroatoms. The third-order valence-electron chi connectivity index (χ3n) is 3.28. The predicted molar refractivity (Wildman–Crippen MR) is 62.0 cm³/mol. The van der Waals surface area contributed by atoms with E-state index in [0.717, 1.165) is 12.8 Å². The minimum Gasteiger partial charge on any atom is -0.462 e. The first kappa shape index (κ1) is 13.5. The molecule has 0 radical (unpaired) electrons. The van der Waals surface area contributed by atoms with Crippen molar-refractivity contribution in [1.29, 1.82) is 0 Å². The maximum Gasteiger partial charge on any atom is 0.313 e. The maximum absolute atomic E-state index is 12.1. The molecule has 0 saturated carbocycles. The van der Waals surface area contributed by atoms with Crippen molar-refractivity contribution in [2.24, 2.45) is 11.1 Å². The van der Waals surface area contributed by atoms with Crippen molar-refractivity contribution in [3.63, 3.8) is 0 Å². The molecule has 1 saturated heterocycles. The van der Waals surface area contributed by atoms with Crippen LogP contribution < -0.4 is 5.73 Å². The summed E-state index contributed by atoms with van der Waals surface area (Å²) in [6.07, 6.45) is 3.28. The van der Waals surface area contributed by atoms with Crippen molar-refractivity contribution in [3.8, 4) is 0 Å². The van der Waals surface area contributed by atoms with Gasteiger partial charge in [0.2, 0.25) is 0 Å². The van der Waals surface area contributed by atoms with Crippen LogP contribution in [0.3, 0.4) is 0 Å². The minimum atomic E-state index is -0.500. The first-order valence-electron chi connectivity index (χ1n) is 6.13. The Morgan fingerprint density at radius 3 is 2.62 bits per heavy atom. The third kappa shape index (κ3) is 3.19. The molecule has 0 aromatic heterocycles. The first-order valence-corrected chi connectivity index (χ1v) is 6.13. The molecule has 0 amide bonds. The van der Waals surface area contributed by atoms with Crippen LogP contribution in [0.5, 0.6) is 0 Å². The molecule has 94 valence electrons. The van der Waals surface area contributed by atoms with E-state index in [4.69, 9.17) is 15.2 Å². The van der Waals surface area contributed by atoms with Crippen LogP contribution in [0.1, 0.15) is 39.5 Å². The molecule has 1 fully saturated rings. The molecule has 0 aromatic carbocycles. The van der Waals surface area contributed by atoms with Gasteiger partial charge in [0.15, 0.2) is 0 Å². The van der Waals surface area contributed by atoms with Crippen LogP contribution in [0.4, 0.5) is 0 Å². The lowest BCUT2D eigenvalue weighted by Gasteiger charge is -2.34. The fourth-order valence-electron chi connectivity index (χ4n) is 2.03. The second-order valence-corrected chi connectivity index (χ2v) is 4.60. The van der Waals surface area contributed by atoms with E-state index in [9.17, 15) is 4.79 Å². The highest BCUT2D eigenvalue weighted by Crippen LogP contribution is 2.31. The molecule has 0 spiro atoms. The summed E-state index contributed by atoms with van der Waals surface area (Å²) in [4.78, 5) is 12.1. The van der Waals surface area contributed by atoms with Crippen LogP contribution in [0.2, 0.25) is 0 Å². The van der Waals surface area contributed by atoms with Crippen LogP contribution in [0.25, 0.3) is 0 Å². The monoisotopic (exact) mass is 229 g/mol. The van der Waals surface area contributed by atoms with E-state index in [1.807, 2.05) is 6.92 Å². The Morgan fingerprint density at radius 1 is 1.50 bits per heavy atom. The highest BCUT2D eigenvalue weighted by atomic mass is 16.5. The average Bonchev–Trinajstić information content (AvgIpc) is 2.30. The van der Waals surface area contributed by atoms with Crippen molar-refractivity contribution in [1.82, 2.24) is 0 Å². The quantitative estimate of drug-likeness (QED) is 0.725. The molecule has 1 unspecified atom stereocenters. The van der Waals surface area contributed by atoms with Crippen molar-refractivity contribution >= 4 is 5.97 Å². The summed E-state index contributed by atoms with van der Waals surface area (Å²) in [6, 6.07) is 0. The highest BCUT2D eigenvalue weighted by Gasteiger charge is 2.40. The number of ether oxygens (including phenoxy) is 2. The fourth-order valence-corrected chi connectivity index (χ4v) is 2.03. The van der Waals surface area contributed by atoms with Gasteiger partial charge in [-0.1, -0.05) is 13.3 Å². The van der Waals surface area contributed by atoms with Gasteiger partial charge in [-0.2, -0.15) is 0 Å².